The quantitative estimate of drug-likeness (QED) is 0.795. The van der Waals surface area contributed by atoms with Crippen LogP contribution in [0.5, 0.6) is 11.5 Å². The molecule has 0 radical (unpaired) electrons. The summed E-state index contributed by atoms with van der Waals surface area (Å²) < 4.78 is 16.1. The van der Waals surface area contributed by atoms with E-state index in [0.717, 1.165) is 18.7 Å². The van der Waals surface area contributed by atoms with Crippen LogP contribution < -0.4 is 14.8 Å². The van der Waals surface area contributed by atoms with Crippen molar-refractivity contribution in [1.82, 2.24) is 15.5 Å². The third-order valence-electron chi connectivity index (χ3n) is 3.03. The second-order valence-corrected chi connectivity index (χ2v) is 5.53. The highest BCUT2D eigenvalue weighted by molar-refractivity contribution is 5.85. The van der Waals surface area contributed by atoms with E-state index in [1.54, 1.807) is 14.0 Å². The molecule has 1 heterocycles. The molecule has 0 unspecified atom stereocenters. The van der Waals surface area contributed by atoms with Gasteiger partial charge >= 0.3 is 0 Å². The topological polar surface area (TPSA) is 69.4 Å². The van der Waals surface area contributed by atoms with Crippen molar-refractivity contribution in [3.05, 3.63) is 35.5 Å². The first-order valence-electron chi connectivity index (χ1n) is 7.38. The van der Waals surface area contributed by atoms with Gasteiger partial charge < -0.3 is 19.3 Å². The molecule has 0 aliphatic carbocycles. The van der Waals surface area contributed by atoms with Crippen molar-refractivity contribution in [2.75, 3.05) is 13.7 Å². The first-order chi connectivity index (χ1) is 10.6. The van der Waals surface area contributed by atoms with Gasteiger partial charge in [-0.25, -0.2) is 0 Å². The highest BCUT2D eigenvalue weighted by atomic mass is 35.5. The third-order valence-corrected chi connectivity index (χ3v) is 3.03. The number of ether oxygens (including phenoxy) is 2. The van der Waals surface area contributed by atoms with E-state index in [9.17, 15) is 0 Å². The third kappa shape index (κ3) is 6.08. The van der Waals surface area contributed by atoms with Crippen molar-refractivity contribution in [1.29, 1.82) is 0 Å². The molecule has 0 aliphatic rings. The van der Waals surface area contributed by atoms with Crippen LogP contribution in [0.15, 0.2) is 22.7 Å². The predicted molar refractivity (Wildman–Crippen MR) is 90.2 cm³/mol. The van der Waals surface area contributed by atoms with Crippen LogP contribution in [0.4, 0.5) is 0 Å². The number of nitrogens with one attached hydrogen (secondary N) is 1. The molecule has 2 rings (SSSR count). The summed E-state index contributed by atoms with van der Waals surface area (Å²) in [6.07, 6.45) is 0. The molecule has 0 bridgehead atoms. The molecule has 0 fully saturated rings. The summed E-state index contributed by atoms with van der Waals surface area (Å²) in [5, 5.41) is 7.13. The number of aromatic nitrogens is 2. The zero-order chi connectivity index (χ0) is 15.9. The standard InChI is InChI=1S/C16H23N3O3.ClH/c1-11(2)8-17-9-13-5-6-14(15(7-13)20-4)21-10-16-18-12(3)19-22-16;/h5-7,11,17H,8-10H2,1-4H3;1H. The lowest BCUT2D eigenvalue weighted by molar-refractivity contribution is 0.233. The van der Waals surface area contributed by atoms with Crippen LogP contribution in [0, 0.1) is 12.8 Å². The van der Waals surface area contributed by atoms with Gasteiger partial charge in [0.1, 0.15) is 0 Å². The summed E-state index contributed by atoms with van der Waals surface area (Å²) in [6, 6.07) is 5.89. The van der Waals surface area contributed by atoms with Crippen molar-refractivity contribution < 1.29 is 14.0 Å². The lowest BCUT2D eigenvalue weighted by Crippen LogP contribution is -2.18. The van der Waals surface area contributed by atoms with Crippen molar-refractivity contribution >= 4 is 12.4 Å². The van der Waals surface area contributed by atoms with Crippen molar-refractivity contribution in [2.45, 2.75) is 33.9 Å². The van der Waals surface area contributed by atoms with E-state index in [-0.39, 0.29) is 19.0 Å². The van der Waals surface area contributed by atoms with Crippen LogP contribution in [-0.4, -0.2) is 23.8 Å². The Morgan fingerprint density at radius 1 is 1.26 bits per heavy atom. The maximum absolute atomic E-state index is 5.68. The molecule has 1 aromatic heterocycles. The van der Waals surface area contributed by atoms with Crippen molar-refractivity contribution in [2.24, 2.45) is 5.92 Å². The van der Waals surface area contributed by atoms with Crippen LogP contribution in [-0.2, 0) is 13.2 Å². The maximum Gasteiger partial charge on any atom is 0.264 e. The second-order valence-electron chi connectivity index (χ2n) is 5.53. The number of hydrogen-bond donors (Lipinski definition) is 1. The SMILES string of the molecule is COc1cc(CNCC(C)C)ccc1OCc1nc(C)no1.Cl. The van der Waals surface area contributed by atoms with E-state index < -0.39 is 0 Å². The van der Waals surface area contributed by atoms with Crippen molar-refractivity contribution in [3.63, 3.8) is 0 Å². The summed E-state index contributed by atoms with van der Waals surface area (Å²) in [5.41, 5.74) is 1.15. The van der Waals surface area contributed by atoms with Gasteiger partial charge in [-0.05, 0) is 37.1 Å². The number of methoxy groups -OCH3 is 1. The summed E-state index contributed by atoms with van der Waals surface area (Å²) in [6.45, 7) is 8.15. The average Bonchev–Trinajstić information content (AvgIpc) is 2.91. The van der Waals surface area contributed by atoms with E-state index in [0.29, 0.717) is 29.1 Å². The monoisotopic (exact) mass is 341 g/mol. The highest BCUT2D eigenvalue weighted by Crippen LogP contribution is 2.28. The Morgan fingerprint density at radius 2 is 2.04 bits per heavy atom. The zero-order valence-electron chi connectivity index (χ0n) is 14.0. The number of rotatable bonds is 8. The van der Waals surface area contributed by atoms with E-state index >= 15 is 0 Å². The molecule has 23 heavy (non-hydrogen) atoms. The van der Waals surface area contributed by atoms with Gasteiger partial charge in [0.15, 0.2) is 23.9 Å². The lowest BCUT2D eigenvalue weighted by atomic mass is 10.2. The molecule has 0 saturated heterocycles. The Balaban J connectivity index is 0.00000264. The smallest absolute Gasteiger partial charge is 0.264 e. The number of halogens is 1. The first kappa shape index (κ1) is 19.3. The Hall–Kier alpha value is -1.79. The van der Waals surface area contributed by atoms with Gasteiger partial charge in [-0.3, -0.25) is 0 Å². The Kier molecular flexibility index (Phi) is 7.85. The average molecular weight is 342 g/mol. The minimum absolute atomic E-state index is 0. The Labute approximate surface area is 143 Å². The molecule has 2 aromatic rings. The predicted octanol–water partition coefficient (Wildman–Crippen LogP) is 3.13. The summed E-state index contributed by atoms with van der Waals surface area (Å²) in [5.74, 6) is 3.02. The number of benzene rings is 1. The molecule has 128 valence electrons. The Morgan fingerprint density at radius 3 is 2.65 bits per heavy atom. The normalized spacial score (nSPS) is 10.5. The Bertz CT molecular complexity index is 602. The van der Waals surface area contributed by atoms with Gasteiger partial charge in [-0.2, -0.15) is 4.98 Å². The van der Waals surface area contributed by atoms with Gasteiger partial charge in [-0.1, -0.05) is 25.1 Å². The fourth-order valence-electron chi connectivity index (χ4n) is 1.98. The molecule has 0 saturated carbocycles. The summed E-state index contributed by atoms with van der Waals surface area (Å²) >= 11 is 0. The highest BCUT2D eigenvalue weighted by Gasteiger charge is 2.09. The number of hydrogen-bond acceptors (Lipinski definition) is 6. The number of nitrogens with zero attached hydrogens (tertiary/aromatic N) is 2. The molecular weight excluding hydrogens is 318 g/mol. The van der Waals surface area contributed by atoms with E-state index in [4.69, 9.17) is 14.0 Å². The molecule has 0 atom stereocenters. The molecule has 6 nitrogen and oxygen atoms in total. The lowest BCUT2D eigenvalue weighted by Gasteiger charge is -2.12. The molecule has 0 spiro atoms. The van der Waals surface area contributed by atoms with Crippen LogP contribution in [0.25, 0.3) is 0 Å². The molecule has 1 N–H and O–H groups in total. The van der Waals surface area contributed by atoms with Crippen molar-refractivity contribution in [3.8, 4) is 11.5 Å². The van der Waals surface area contributed by atoms with Crippen LogP contribution in [0.3, 0.4) is 0 Å². The van der Waals surface area contributed by atoms with E-state index in [1.165, 1.54) is 0 Å². The molecule has 7 heteroatoms. The molecule has 0 amide bonds. The van der Waals surface area contributed by atoms with E-state index in [2.05, 4.69) is 29.3 Å². The second kappa shape index (κ2) is 9.37. The first-order valence-corrected chi connectivity index (χ1v) is 7.38. The van der Waals surface area contributed by atoms with Crippen LogP contribution >= 0.6 is 12.4 Å². The summed E-state index contributed by atoms with van der Waals surface area (Å²) in [7, 11) is 1.63. The minimum atomic E-state index is 0. The summed E-state index contributed by atoms with van der Waals surface area (Å²) in [4.78, 5) is 4.10. The van der Waals surface area contributed by atoms with Crippen LogP contribution in [0.1, 0.15) is 31.1 Å². The van der Waals surface area contributed by atoms with Crippen LogP contribution in [0.2, 0.25) is 0 Å². The zero-order valence-corrected chi connectivity index (χ0v) is 14.8. The maximum atomic E-state index is 5.68. The molecule has 0 aliphatic heterocycles. The largest absolute Gasteiger partial charge is 0.493 e. The minimum Gasteiger partial charge on any atom is -0.493 e. The molecule has 1 aromatic carbocycles. The van der Waals surface area contributed by atoms with Gasteiger partial charge in [0.25, 0.3) is 5.89 Å². The van der Waals surface area contributed by atoms with Gasteiger partial charge in [0.2, 0.25) is 0 Å². The molecular formula is C16H24ClN3O3. The van der Waals surface area contributed by atoms with Gasteiger partial charge in [-0.15, -0.1) is 12.4 Å². The van der Waals surface area contributed by atoms with Gasteiger partial charge in [0.05, 0.1) is 7.11 Å². The van der Waals surface area contributed by atoms with Gasteiger partial charge in [0, 0.05) is 6.54 Å². The number of aryl methyl sites for hydroxylation is 1. The van der Waals surface area contributed by atoms with E-state index in [1.807, 2.05) is 18.2 Å². The fraction of sp³-hybridized carbons (Fsp3) is 0.500. The fourth-order valence-corrected chi connectivity index (χ4v) is 1.98.